The molecule has 27 heavy (non-hydrogen) atoms. The number of methoxy groups -OCH3 is 1. The van der Waals surface area contributed by atoms with Gasteiger partial charge in [-0.2, -0.15) is 0 Å². The Morgan fingerprint density at radius 1 is 1.33 bits per heavy atom. The summed E-state index contributed by atoms with van der Waals surface area (Å²) in [6.07, 6.45) is 1.08. The number of amides is 1. The number of carbonyl (C=O) groups is 1. The molecule has 0 aliphatic carbocycles. The third kappa shape index (κ3) is 4.32. The Balaban J connectivity index is 2.05. The molecule has 0 N–H and O–H groups in total. The van der Waals surface area contributed by atoms with Crippen LogP contribution in [-0.4, -0.2) is 22.9 Å². The van der Waals surface area contributed by atoms with Crippen LogP contribution >= 0.6 is 27.3 Å². The third-order valence-corrected chi connectivity index (χ3v) is 5.09. The van der Waals surface area contributed by atoms with Crippen molar-refractivity contribution in [2.75, 3.05) is 12.0 Å². The fourth-order valence-corrected chi connectivity index (χ4v) is 3.51. The van der Waals surface area contributed by atoms with Gasteiger partial charge in [-0.15, -0.1) is 11.3 Å². The van der Waals surface area contributed by atoms with Crippen molar-refractivity contribution in [2.45, 2.75) is 6.54 Å². The van der Waals surface area contributed by atoms with E-state index >= 15 is 0 Å². The molecular formula is C18H14BrN3O4S. The summed E-state index contributed by atoms with van der Waals surface area (Å²) in [6.45, 7) is 0.292. The average Bonchev–Trinajstić information content (AvgIpc) is 3.18. The maximum Gasteiger partial charge on any atom is 0.300 e. The van der Waals surface area contributed by atoms with Gasteiger partial charge in [-0.05, 0) is 57.7 Å². The van der Waals surface area contributed by atoms with Crippen LogP contribution in [0, 0.1) is 10.1 Å². The zero-order valence-electron chi connectivity index (χ0n) is 14.2. The highest BCUT2D eigenvalue weighted by Gasteiger charge is 2.27. The van der Waals surface area contributed by atoms with Crippen LogP contribution in [-0.2, 0) is 6.54 Å². The van der Waals surface area contributed by atoms with Gasteiger partial charge in [0.1, 0.15) is 22.1 Å². The second-order valence-electron chi connectivity index (χ2n) is 5.45. The van der Waals surface area contributed by atoms with E-state index in [1.807, 2.05) is 17.5 Å². The van der Waals surface area contributed by atoms with E-state index in [1.165, 1.54) is 22.3 Å². The van der Waals surface area contributed by atoms with Crippen LogP contribution in [0.1, 0.15) is 15.2 Å². The Hall–Kier alpha value is -2.78. The van der Waals surface area contributed by atoms with Crippen LogP contribution < -0.4 is 9.64 Å². The van der Waals surface area contributed by atoms with Gasteiger partial charge in [0.15, 0.2) is 0 Å². The number of halogens is 1. The molecule has 0 atom stereocenters. The molecule has 138 valence electrons. The van der Waals surface area contributed by atoms with E-state index in [0.717, 1.165) is 11.1 Å². The minimum Gasteiger partial charge on any atom is -0.497 e. The first-order valence-electron chi connectivity index (χ1n) is 7.78. The molecule has 0 radical (unpaired) electrons. The summed E-state index contributed by atoms with van der Waals surface area (Å²) in [5, 5.41) is 13.3. The van der Waals surface area contributed by atoms with Crippen molar-refractivity contribution in [2.24, 2.45) is 0 Å². The quantitative estimate of drug-likeness (QED) is 0.311. The fourth-order valence-electron chi connectivity index (χ4n) is 2.49. The van der Waals surface area contributed by atoms with Crippen LogP contribution in [0.15, 0.2) is 58.6 Å². The number of hydrogen-bond acceptors (Lipinski definition) is 6. The van der Waals surface area contributed by atoms with Gasteiger partial charge in [-0.3, -0.25) is 14.9 Å². The van der Waals surface area contributed by atoms with Crippen LogP contribution in [0.2, 0.25) is 0 Å². The van der Waals surface area contributed by atoms with Crippen molar-refractivity contribution < 1.29 is 14.5 Å². The van der Waals surface area contributed by atoms with Gasteiger partial charge in [-0.25, -0.2) is 4.98 Å². The van der Waals surface area contributed by atoms with Crippen molar-refractivity contribution in [3.63, 3.8) is 0 Å². The first-order chi connectivity index (χ1) is 13.0. The molecule has 3 aromatic rings. The molecule has 0 aliphatic heterocycles. The molecule has 2 aromatic heterocycles. The molecular weight excluding hydrogens is 434 g/mol. The number of pyridine rings is 1. The molecule has 9 heteroatoms. The zero-order chi connectivity index (χ0) is 19.4. The van der Waals surface area contributed by atoms with Gasteiger partial charge in [0.25, 0.3) is 11.6 Å². The van der Waals surface area contributed by atoms with E-state index in [9.17, 15) is 14.9 Å². The highest BCUT2D eigenvalue weighted by atomic mass is 79.9. The zero-order valence-corrected chi connectivity index (χ0v) is 16.6. The number of benzene rings is 1. The van der Waals surface area contributed by atoms with Gasteiger partial charge in [0.2, 0.25) is 0 Å². The predicted molar refractivity (Wildman–Crippen MR) is 106 cm³/mol. The van der Waals surface area contributed by atoms with Gasteiger partial charge < -0.3 is 9.64 Å². The second-order valence-corrected chi connectivity index (χ2v) is 7.29. The van der Waals surface area contributed by atoms with Gasteiger partial charge in [0, 0.05) is 10.6 Å². The molecule has 0 saturated heterocycles. The molecule has 0 bridgehead atoms. The molecule has 7 nitrogen and oxygen atoms in total. The number of anilines is 1. The lowest BCUT2D eigenvalue weighted by Crippen LogP contribution is -2.30. The molecule has 3 rings (SSSR count). The summed E-state index contributed by atoms with van der Waals surface area (Å²) in [6, 6.07) is 12.1. The average molecular weight is 448 g/mol. The van der Waals surface area contributed by atoms with Crippen LogP contribution in [0.3, 0.4) is 0 Å². The first-order valence-corrected chi connectivity index (χ1v) is 9.45. The molecule has 2 heterocycles. The Kier molecular flexibility index (Phi) is 5.82. The topological polar surface area (TPSA) is 85.6 Å². The summed E-state index contributed by atoms with van der Waals surface area (Å²) in [4.78, 5) is 30.3. The van der Waals surface area contributed by atoms with Gasteiger partial charge in [-0.1, -0.05) is 6.07 Å². The Morgan fingerprint density at radius 3 is 2.67 bits per heavy atom. The monoisotopic (exact) mass is 447 g/mol. The molecule has 0 spiro atoms. The number of nitrogens with zero attached hydrogens (tertiary/aromatic N) is 3. The number of rotatable bonds is 6. The van der Waals surface area contributed by atoms with E-state index in [-0.39, 0.29) is 11.3 Å². The summed E-state index contributed by atoms with van der Waals surface area (Å²) in [7, 11) is 1.56. The van der Waals surface area contributed by atoms with E-state index in [1.54, 1.807) is 31.4 Å². The normalized spacial score (nSPS) is 10.4. The number of aromatic nitrogens is 1. The Morgan fingerprint density at radius 2 is 2.07 bits per heavy atom. The van der Waals surface area contributed by atoms with Crippen LogP contribution in [0.25, 0.3) is 0 Å². The lowest BCUT2D eigenvalue weighted by atomic mass is 10.1. The van der Waals surface area contributed by atoms with Crippen molar-refractivity contribution >= 4 is 44.5 Å². The van der Waals surface area contributed by atoms with Crippen LogP contribution in [0.4, 0.5) is 11.4 Å². The maximum atomic E-state index is 13.2. The molecule has 0 aliphatic rings. The minimum atomic E-state index is -0.607. The number of carbonyl (C=O) groups excluding carboxylic acids is 1. The third-order valence-electron chi connectivity index (χ3n) is 3.80. The van der Waals surface area contributed by atoms with E-state index < -0.39 is 10.8 Å². The molecule has 0 saturated carbocycles. The van der Waals surface area contributed by atoms with Crippen molar-refractivity contribution in [1.29, 1.82) is 0 Å². The summed E-state index contributed by atoms with van der Waals surface area (Å²) >= 11 is 4.69. The number of thiophene rings is 1. The minimum absolute atomic E-state index is 0.0331. The van der Waals surface area contributed by atoms with E-state index in [2.05, 4.69) is 20.9 Å². The van der Waals surface area contributed by atoms with Crippen molar-refractivity contribution in [3.8, 4) is 5.75 Å². The van der Waals surface area contributed by atoms with Gasteiger partial charge >= 0.3 is 0 Å². The molecule has 1 amide bonds. The summed E-state index contributed by atoms with van der Waals surface area (Å²) in [5.74, 6) is 0.170. The van der Waals surface area contributed by atoms with Gasteiger partial charge in [0.05, 0.1) is 18.6 Å². The number of hydrogen-bond donors (Lipinski definition) is 0. The highest BCUT2D eigenvalue weighted by Crippen LogP contribution is 2.28. The molecule has 1 aromatic carbocycles. The van der Waals surface area contributed by atoms with Crippen molar-refractivity contribution in [1.82, 2.24) is 4.98 Å². The molecule has 0 fully saturated rings. The first kappa shape index (κ1) is 19.0. The highest BCUT2D eigenvalue weighted by molar-refractivity contribution is 9.10. The fraction of sp³-hybridized carbons (Fsp3) is 0.111. The SMILES string of the molecule is COc1ccc(N(Cc2cccs2)C(=O)c2cc(Br)ncc2[N+](=O)[O-])cc1. The largest absolute Gasteiger partial charge is 0.497 e. The Labute approximate surface area is 167 Å². The molecule has 0 unspecified atom stereocenters. The second kappa shape index (κ2) is 8.28. The smallest absolute Gasteiger partial charge is 0.300 e. The number of ether oxygens (including phenoxy) is 1. The van der Waals surface area contributed by atoms with Crippen molar-refractivity contribution in [3.05, 3.63) is 79.2 Å². The number of nitro groups is 1. The summed E-state index contributed by atoms with van der Waals surface area (Å²) in [5.41, 5.74) is 0.235. The lowest BCUT2D eigenvalue weighted by Gasteiger charge is -2.22. The van der Waals surface area contributed by atoms with E-state index in [0.29, 0.717) is 22.6 Å². The summed E-state index contributed by atoms with van der Waals surface area (Å²) < 4.78 is 5.51. The van der Waals surface area contributed by atoms with E-state index in [4.69, 9.17) is 4.74 Å². The Bertz CT molecular complexity index is 961. The standard InChI is InChI=1S/C18H14BrN3O4S/c1-26-13-6-4-12(5-7-13)21(11-14-3-2-8-27-14)18(23)15-9-17(19)20-10-16(15)22(24)25/h2-10H,11H2,1H3. The van der Waals surface area contributed by atoms with Crippen LogP contribution in [0.5, 0.6) is 5.75 Å². The predicted octanol–water partition coefficient (Wildman–Crippen LogP) is 4.67. The maximum absolute atomic E-state index is 13.2. The lowest BCUT2D eigenvalue weighted by molar-refractivity contribution is -0.385.